The molecule has 0 bridgehead atoms. The third-order valence-corrected chi connectivity index (χ3v) is 4.62. The number of rotatable bonds is 4. The molecule has 2 aromatic rings. The zero-order valence-electron chi connectivity index (χ0n) is 12.0. The number of halogens is 3. The summed E-state index contributed by atoms with van der Waals surface area (Å²) >= 11 is 0. The van der Waals surface area contributed by atoms with E-state index in [2.05, 4.69) is 0 Å². The van der Waals surface area contributed by atoms with Gasteiger partial charge < -0.3 is 4.74 Å². The molecule has 0 radical (unpaired) electrons. The van der Waals surface area contributed by atoms with Gasteiger partial charge in [-0.1, -0.05) is 60.7 Å². The number of ether oxygens (including phenoxy) is 1. The third kappa shape index (κ3) is 3.39. The average Bonchev–Trinajstić information content (AvgIpc) is 2.52. The largest absolute Gasteiger partial charge is 0.502 e. The molecular weight excluding hydrogens is 329 g/mol. The Morgan fingerprint density at radius 2 is 1.30 bits per heavy atom. The van der Waals surface area contributed by atoms with Gasteiger partial charge in [0, 0.05) is 5.56 Å². The average molecular weight is 342 g/mol. The lowest BCUT2D eigenvalue weighted by molar-refractivity contribution is -0.0420. The quantitative estimate of drug-likeness (QED) is 0.621. The van der Waals surface area contributed by atoms with E-state index >= 15 is 0 Å². The van der Waals surface area contributed by atoms with Crippen LogP contribution < -0.4 is 0 Å². The first kappa shape index (κ1) is 17.1. The van der Waals surface area contributed by atoms with E-state index in [1.807, 2.05) is 0 Å². The van der Waals surface area contributed by atoms with Crippen molar-refractivity contribution in [3.63, 3.8) is 0 Å². The van der Waals surface area contributed by atoms with Gasteiger partial charge in [-0.25, -0.2) is 8.42 Å². The normalized spacial score (nSPS) is 13.4. The summed E-state index contributed by atoms with van der Waals surface area (Å²) in [5.41, 5.74) is -5.29. The molecule has 0 aromatic heterocycles. The molecule has 0 heterocycles. The Morgan fingerprint density at radius 3 is 1.70 bits per heavy atom. The van der Waals surface area contributed by atoms with Gasteiger partial charge in [-0.2, -0.15) is 13.2 Å². The van der Waals surface area contributed by atoms with E-state index in [1.165, 1.54) is 36.4 Å². The zero-order chi connectivity index (χ0) is 17.1. The molecule has 122 valence electrons. The first-order chi connectivity index (χ1) is 10.8. The van der Waals surface area contributed by atoms with Gasteiger partial charge in [-0.3, -0.25) is 0 Å². The van der Waals surface area contributed by atoms with Crippen molar-refractivity contribution in [1.29, 1.82) is 0 Å². The van der Waals surface area contributed by atoms with E-state index in [1.54, 1.807) is 24.3 Å². The van der Waals surface area contributed by atoms with Gasteiger partial charge >= 0.3 is 5.51 Å². The molecule has 2 rings (SSSR count). The molecule has 0 aliphatic rings. The number of alkyl halides is 3. The molecule has 0 amide bonds. The number of hydrogen-bond acceptors (Lipinski definition) is 3. The monoisotopic (exact) mass is 342 g/mol. The van der Waals surface area contributed by atoms with Crippen molar-refractivity contribution in [2.45, 2.75) is 5.51 Å². The van der Waals surface area contributed by atoms with Crippen LogP contribution in [0.1, 0.15) is 11.1 Å². The summed E-state index contributed by atoms with van der Waals surface area (Å²) in [5.74, 6) is -0.353. The van der Waals surface area contributed by atoms with Gasteiger partial charge in [0.2, 0.25) is 0 Å². The molecule has 2 aromatic carbocycles. The Balaban J connectivity index is 2.85. The van der Waals surface area contributed by atoms with Crippen LogP contribution in [0, 0.1) is 0 Å². The Labute approximate surface area is 131 Å². The molecule has 0 aliphatic heterocycles. The van der Waals surface area contributed by atoms with Gasteiger partial charge in [0.05, 0.1) is 7.11 Å². The molecule has 0 atom stereocenters. The van der Waals surface area contributed by atoms with E-state index < -0.39 is 20.3 Å². The Bertz CT molecular complexity index is 795. The molecule has 3 nitrogen and oxygen atoms in total. The second kappa shape index (κ2) is 6.45. The highest BCUT2D eigenvalue weighted by molar-refractivity contribution is 8.01. The Kier molecular flexibility index (Phi) is 4.79. The SMILES string of the molecule is CO/C(=C(/c1ccccc1)S(=O)(=O)C(F)(F)F)c1ccccc1. The van der Waals surface area contributed by atoms with E-state index in [-0.39, 0.29) is 16.9 Å². The molecule has 0 fully saturated rings. The van der Waals surface area contributed by atoms with Crippen molar-refractivity contribution < 1.29 is 26.3 Å². The minimum absolute atomic E-state index is 0.0921. The van der Waals surface area contributed by atoms with E-state index in [0.29, 0.717) is 0 Å². The fourth-order valence-corrected chi connectivity index (χ4v) is 3.17. The van der Waals surface area contributed by atoms with Crippen molar-refractivity contribution in [3.8, 4) is 0 Å². The molecule has 7 heteroatoms. The Hall–Kier alpha value is -2.28. The van der Waals surface area contributed by atoms with Crippen molar-refractivity contribution in [3.05, 3.63) is 71.8 Å². The van der Waals surface area contributed by atoms with E-state index in [4.69, 9.17) is 4.74 Å². The fraction of sp³-hybridized carbons (Fsp3) is 0.125. The number of benzene rings is 2. The van der Waals surface area contributed by atoms with Gasteiger partial charge in [0.25, 0.3) is 9.84 Å². The molecule has 0 saturated heterocycles. The summed E-state index contributed by atoms with van der Waals surface area (Å²) < 4.78 is 68.5. The van der Waals surface area contributed by atoms with E-state index in [9.17, 15) is 21.6 Å². The minimum atomic E-state index is -5.60. The summed E-state index contributed by atoms with van der Waals surface area (Å²) in [5, 5.41) is 0. The molecule has 0 N–H and O–H groups in total. The predicted octanol–water partition coefficient (Wildman–Crippen LogP) is 4.09. The second-order valence-electron chi connectivity index (χ2n) is 4.54. The van der Waals surface area contributed by atoms with Crippen molar-refractivity contribution in [2.75, 3.05) is 7.11 Å². The lowest BCUT2D eigenvalue weighted by atomic mass is 10.1. The van der Waals surface area contributed by atoms with Gasteiger partial charge in [-0.05, 0) is 5.56 Å². The maximum absolute atomic E-state index is 13.1. The predicted molar refractivity (Wildman–Crippen MR) is 81.7 cm³/mol. The van der Waals surface area contributed by atoms with Gasteiger partial charge in [0.15, 0.2) is 0 Å². The maximum atomic E-state index is 13.1. The zero-order valence-corrected chi connectivity index (χ0v) is 12.9. The van der Waals surface area contributed by atoms with Gasteiger partial charge in [-0.15, -0.1) is 0 Å². The van der Waals surface area contributed by atoms with Crippen LogP contribution in [0.25, 0.3) is 10.7 Å². The fourth-order valence-electron chi connectivity index (χ4n) is 2.04. The van der Waals surface area contributed by atoms with Crippen LogP contribution in [0.5, 0.6) is 0 Å². The topological polar surface area (TPSA) is 43.4 Å². The summed E-state index contributed by atoms with van der Waals surface area (Å²) in [6.07, 6.45) is 0. The van der Waals surface area contributed by atoms with Crippen LogP contribution in [0.3, 0.4) is 0 Å². The maximum Gasteiger partial charge on any atom is 0.502 e. The molecule has 0 saturated carbocycles. The van der Waals surface area contributed by atoms with Crippen LogP contribution in [0.2, 0.25) is 0 Å². The van der Waals surface area contributed by atoms with Crippen LogP contribution >= 0.6 is 0 Å². The Morgan fingerprint density at radius 1 is 0.870 bits per heavy atom. The second-order valence-corrected chi connectivity index (χ2v) is 6.42. The lowest BCUT2D eigenvalue weighted by Crippen LogP contribution is -2.25. The van der Waals surface area contributed by atoms with Crippen LogP contribution in [-0.4, -0.2) is 21.0 Å². The molecular formula is C16H13F3O3S. The third-order valence-electron chi connectivity index (χ3n) is 3.06. The summed E-state index contributed by atoms with van der Waals surface area (Å²) in [6.45, 7) is 0. The lowest BCUT2D eigenvalue weighted by Gasteiger charge is -2.17. The van der Waals surface area contributed by atoms with Gasteiger partial charge in [0.1, 0.15) is 10.7 Å². The molecule has 23 heavy (non-hydrogen) atoms. The highest BCUT2D eigenvalue weighted by Gasteiger charge is 2.50. The van der Waals surface area contributed by atoms with E-state index in [0.717, 1.165) is 7.11 Å². The summed E-state index contributed by atoms with van der Waals surface area (Å²) in [7, 11) is -4.46. The number of methoxy groups -OCH3 is 1. The standard InChI is InChI=1S/C16H13F3O3S/c1-22-14(12-8-4-2-5-9-12)15(13-10-6-3-7-11-13)23(20,21)16(17,18)19/h2-11H,1H3/b15-14-. The van der Waals surface area contributed by atoms with Crippen molar-refractivity contribution >= 4 is 20.5 Å². The van der Waals surface area contributed by atoms with Crippen molar-refractivity contribution in [1.82, 2.24) is 0 Å². The molecule has 0 spiro atoms. The highest BCUT2D eigenvalue weighted by atomic mass is 32.2. The first-order valence-corrected chi connectivity index (χ1v) is 7.98. The number of hydrogen-bond donors (Lipinski definition) is 0. The molecule has 0 aliphatic carbocycles. The summed E-state index contributed by atoms with van der Waals surface area (Å²) in [6, 6.07) is 14.9. The summed E-state index contributed by atoms with van der Waals surface area (Å²) in [4.78, 5) is -0.903. The highest BCUT2D eigenvalue weighted by Crippen LogP contribution is 2.39. The van der Waals surface area contributed by atoms with Crippen molar-refractivity contribution in [2.24, 2.45) is 0 Å². The smallest absolute Gasteiger partial charge is 0.495 e. The number of sulfone groups is 1. The first-order valence-electron chi connectivity index (χ1n) is 6.49. The van der Waals surface area contributed by atoms with Crippen LogP contribution in [0.15, 0.2) is 60.7 Å². The minimum Gasteiger partial charge on any atom is -0.495 e. The molecule has 0 unspecified atom stereocenters. The van der Waals surface area contributed by atoms with Crippen LogP contribution in [-0.2, 0) is 14.6 Å². The van der Waals surface area contributed by atoms with Crippen LogP contribution in [0.4, 0.5) is 13.2 Å².